The average Bonchev–Trinajstić information content (AvgIpc) is 2.60. The number of carbonyl (C=O) groups excluding carboxylic acids is 2. The minimum Gasteiger partial charge on any atom is -0.441 e. The van der Waals surface area contributed by atoms with Crippen LogP contribution in [-0.2, 0) is 9.53 Å². The van der Waals surface area contributed by atoms with Gasteiger partial charge < -0.3 is 10.5 Å². The molecule has 0 bridgehead atoms. The third-order valence-corrected chi connectivity index (χ3v) is 4.93. The van der Waals surface area contributed by atoms with Crippen LogP contribution in [0.4, 0.5) is 4.79 Å². The van der Waals surface area contributed by atoms with Crippen LogP contribution in [0.5, 0.6) is 0 Å². The maximum atomic E-state index is 12.1. The van der Waals surface area contributed by atoms with Crippen molar-refractivity contribution >= 4 is 12.0 Å². The van der Waals surface area contributed by atoms with E-state index in [1.807, 2.05) is 20.8 Å². The molecule has 1 aliphatic carbocycles. The van der Waals surface area contributed by atoms with Gasteiger partial charge in [0.1, 0.15) is 5.60 Å². The van der Waals surface area contributed by atoms with Gasteiger partial charge in [-0.2, -0.15) is 0 Å². The van der Waals surface area contributed by atoms with Crippen LogP contribution >= 0.6 is 0 Å². The largest absolute Gasteiger partial charge is 0.441 e. The van der Waals surface area contributed by atoms with Crippen LogP contribution < -0.4 is 5.73 Å². The van der Waals surface area contributed by atoms with E-state index in [9.17, 15) is 9.59 Å². The Hall–Kier alpha value is -1.52. The topological polar surface area (TPSA) is 72.6 Å². The summed E-state index contributed by atoms with van der Waals surface area (Å²) in [7, 11) is 0. The molecule has 19 heavy (non-hydrogen) atoms. The number of nitrogens with zero attached hydrogens (tertiary/aromatic N) is 1. The van der Waals surface area contributed by atoms with Gasteiger partial charge in [0.05, 0.1) is 5.54 Å². The lowest BCUT2D eigenvalue weighted by molar-refractivity contribution is -0.118. The molecule has 1 heterocycles. The van der Waals surface area contributed by atoms with Crippen molar-refractivity contribution in [1.82, 2.24) is 4.90 Å². The molecule has 0 aromatic carbocycles. The second kappa shape index (κ2) is 4.25. The van der Waals surface area contributed by atoms with Gasteiger partial charge in [-0.1, -0.05) is 12.2 Å². The molecular formula is C14H22N2O3. The monoisotopic (exact) mass is 266 g/mol. The third kappa shape index (κ3) is 1.83. The van der Waals surface area contributed by atoms with Crippen LogP contribution in [-0.4, -0.2) is 34.6 Å². The zero-order valence-electron chi connectivity index (χ0n) is 11.9. The quantitative estimate of drug-likeness (QED) is 0.789. The van der Waals surface area contributed by atoms with Crippen molar-refractivity contribution in [3.05, 3.63) is 12.2 Å². The highest BCUT2D eigenvalue weighted by Crippen LogP contribution is 2.55. The summed E-state index contributed by atoms with van der Waals surface area (Å²) in [5.74, 6) is -0.216. The fourth-order valence-electron chi connectivity index (χ4n) is 3.66. The predicted molar refractivity (Wildman–Crippen MR) is 71.3 cm³/mol. The van der Waals surface area contributed by atoms with Gasteiger partial charge in [-0.3, -0.25) is 9.69 Å². The number of primary amides is 1. The number of hydrogen-bond donors (Lipinski definition) is 1. The Bertz CT molecular complexity index is 448. The normalized spacial score (nSPS) is 37.1. The van der Waals surface area contributed by atoms with E-state index in [2.05, 4.69) is 6.58 Å². The number of rotatable bonds is 4. The summed E-state index contributed by atoms with van der Waals surface area (Å²) >= 11 is 0. The molecule has 0 radical (unpaired) electrons. The smallest absolute Gasteiger partial charge is 0.411 e. The fraction of sp³-hybridized carbons (Fsp3) is 0.714. The Balaban J connectivity index is 2.34. The van der Waals surface area contributed by atoms with Gasteiger partial charge in [0.15, 0.2) is 0 Å². The van der Waals surface area contributed by atoms with Gasteiger partial charge >= 0.3 is 6.09 Å². The first kappa shape index (κ1) is 13.9. The molecule has 2 N–H and O–H groups in total. The van der Waals surface area contributed by atoms with Crippen molar-refractivity contribution in [2.45, 2.75) is 51.2 Å². The lowest BCUT2D eigenvalue weighted by atomic mass is 9.76. The zero-order chi connectivity index (χ0) is 14.4. The van der Waals surface area contributed by atoms with E-state index < -0.39 is 17.0 Å². The van der Waals surface area contributed by atoms with Gasteiger partial charge in [-0.25, -0.2) is 4.79 Å². The molecule has 0 aromatic rings. The molecule has 106 valence electrons. The molecule has 2 fully saturated rings. The van der Waals surface area contributed by atoms with Crippen molar-refractivity contribution in [1.29, 1.82) is 0 Å². The summed E-state index contributed by atoms with van der Waals surface area (Å²) in [6.07, 6.45) is 1.57. The van der Waals surface area contributed by atoms with Crippen molar-refractivity contribution in [2.75, 3.05) is 6.54 Å². The Morgan fingerprint density at radius 1 is 1.58 bits per heavy atom. The highest BCUT2D eigenvalue weighted by molar-refractivity contribution is 5.77. The summed E-state index contributed by atoms with van der Waals surface area (Å²) < 4.78 is 5.59. The molecule has 0 unspecified atom stereocenters. The first-order valence-electron chi connectivity index (χ1n) is 6.66. The molecule has 1 saturated heterocycles. The molecule has 5 heteroatoms. The molecule has 2 amide bonds. The van der Waals surface area contributed by atoms with Crippen LogP contribution in [0.25, 0.3) is 0 Å². The molecular weight excluding hydrogens is 244 g/mol. The summed E-state index contributed by atoms with van der Waals surface area (Å²) in [5, 5.41) is 0. The van der Waals surface area contributed by atoms with E-state index in [1.165, 1.54) is 0 Å². The van der Waals surface area contributed by atoms with Crippen LogP contribution in [0.3, 0.4) is 0 Å². The number of fused-ring (bicyclic) bond motifs is 1. The van der Waals surface area contributed by atoms with Crippen molar-refractivity contribution < 1.29 is 14.3 Å². The SMILES string of the molecule is C=C(C)[C@@H]1CC[C@]2(C)OC(=O)N(CCC(N)=O)[C@]12C. The minimum absolute atomic E-state index is 0.156. The van der Waals surface area contributed by atoms with Crippen molar-refractivity contribution in [3.8, 4) is 0 Å². The molecule has 3 atom stereocenters. The van der Waals surface area contributed by atoms with Crippen LogP contribution in [0.15, 0.2) is 12.2 Å². The lowest BCUT2D eigenvalue weighted by Gasteiger charge is -2.41. The molecule has 0 spiro atoms. The van der Waals surface area contributed by atoms with Crippen LogP contribution in [0, 0.1) is 5.92 Å². The maximum absolute atomic E-state index is 12.1. The summed E-state index contributed by atoms with van der Waals surface area (Å²) in [5.41, 5.74) is 5.29. The van der Waals surface area contributed by atoms with Crippen LogP contribution in [0.2, 0.25) is 0 Å². The van der Waals surface area contributed by atoms with Gasteiger partial charge in [-0.05, 0) is 33.6 Å². The first-order chi connectivity index (χ1) is 8.72. The predicted octanol–water partition coefficient (Wildman–Crippen LogP) is 1.82. The van der Waals surface area contributed by atoms with E-state index in [0.29, 0.717) is 6.54 Å². The van der Waals surface area contributed by atoms with E-state index in [1.54, 1.807) is 4.90 Å². The summed E-state index contributed by atoms with van der Waals surface area (Å²) in [4.78, 5) is 24.8. The summed E-state index contributed by atoms with van der Waals surface area (Å²) in [6.45, 7) is 10.3. The first-order valence-corrected chi connectivity index (χ1v) is 6.66. The van der Waals surface area contributed by atoms with Gasteiger partial charge in [0.2, 0.25) is 5.91 Å². The van der Waals surface area contributed by atoms with Crippen LogP contribution in [0.1, 0.15) is 40.0 Å². The second-order valence-electron chi connectivity index (χ2n) is 6.05. The van der Waals surface area contributed by atoms with E-state index in [4.69, 9.17) is 10.5 Å². The Labute approximate surface area is 113 Å². The van der Waals surface area contributed by atoms with Gasteiger partial charge in [0, 0.05) is 18.9 Å². The Morgan fingerprint density at radius 3 is 2.74 bits per heavy atom. The minimum atomic E-state index is -0.509. The average molecular weight is 266 g/mol. The third-order valence-electron chi connectivity index (χ3n) is 4.93. The van der Waals surface area contributed by atoms with Crippen molar-refractivity contribution in [3.63, 3.8) is 0 Å². The second-order valence-corrected chi connectivity index (χ2v) is 6.05. The maximum Gasteiger partial charge on any atom is 0.411 e. The number of ether oxygens (including phenoxy) is 1. The van der Waals surface area contributed by atoms with Gasteiger partial charge in [-0.15, -0.1) is 0 Å². The molecule has 2 aliphatic rings. The molecule has 2 rings (SSSR count). The van der Waals surface area contributed by atoms with Crippen molar-refractivity contribution in [2.24, 2.45) is 11.7 Å². The number of amides is 2. The highest BCUT2D eigenvalue weighted by Gasteiger charge is 2.66. The number of hydrogen-bond acceptors (Lipinski definition) is 3. The zero-order valence-corrected chi connectivity index (χ0v) is 11.9. The Morgan fingerprint density at radius 2 is 2.21 bits per heavy atom. The molecule has 0 aromatic heterocycles. The van der Waals surface area contributed by atoms with E-state index in [0.717, 1.165) is 18.4 Å². The highest BCUT2D eigenvalue weighted by atomic mass is 16.6. The lowest BCUT2D eigenvalue weighted by Crippen LogP contribution is -2.56. The number of carbonyl (C=O) groups is 2. The number of nitrogens with two attached hydrogens (primary N) is 1. The standard InChI is InChI=1S/C14H22N2O3/c1-9(2)10-5-7-13(3)14(10,4)16(12(18)19-13)8-6-11(15)17/h10H,1,5-8H2,2-4H3,(H2,15,17)/t10-,13-,14+/m0/s1. The summed E-state index contributed by atoms with van der Waals surface area (Å²) in [6, 6.07) is 0. The Kier molecular flexibility index (Phi) is 3.11. The molecule has 1 aliphatic heterocycles. The molecule has 1 saturated carbocycles. The van der Waals surface area contributed by atoms with Gasteiger partial charge in [0.25, 0.3) is 0 Å². The van der Waals surface area contributed by atoms with E-state index in [-0.39, 0.29) is 18.4 Å². The molecule has 5 nitrogen and oxygen atoms in total. The van der Waals surface area contributed by atoms with E-state index >= 15 is 0 Å². The fourth-order valence-corrected chi connectivity index (χ4v) is 3.66.